The number of ether oxygens (including phenoxy) is 2. The van der Waals surface area contributed by atoms with Gasteiger partial charge in [0.05, 0.1) is 7.11 Å². The van der Waals surface area contributed by atoms with Gasteiger partial charge in [0.1, 0.15) is 0 Å². The van der Waals surface area contributed by atoms with Gasteiger partial charge in [0.25, 0.3) is 11.8 Å². The van der Waals surface area contributed by atoms with Crippen molar-refractivity contribution >= 4 is 28.9 Å². The van der Waals surface area contributed by atoms with Crippen molar-refractivity contribution < 1.29 is 19.1 Å². The summed E-state index contributed by atoms with van der Waals surface area (Å²) in [5, 5.41) is 6.11. The van der Waals surface area contributed by atoms with Gasteiger partial charge in [0.2, 0.25) is 0 Å². The first-order valence-corrected chi connectivity index (χ1v) is 8.88. The van der Waals surface area contributed by atoms with Gasteiger partial charge in [-0.2, -0.15) is 0 Å². The van der Waals surface area contributed by atoms with Gasteiger partial charge < -0.3 is 25.8 Å². The fourth-order valence-corrected chi connectivity index (χ4v) is 2.61. The van der Waals surface area contributed by atoms with Crippen LogP contribution in [0.15, 0.2) is 72.8 Å². The highest BCUT2D eigenvalue weighted by Gasteiger charge is 2.12. The minimum atomic E-state index is -0.598. The summed E-state index contributed by atoms with van der Waals surface area (Å²) >= 11 is 0. The maximum atomic E-state index is 12.5. The van der Waals surface area contributed by atoms with Gasteiger partial charge in [-0.25, -0.2) is 0 Å². The highest BCUT2D eigenvalue weighted by atomic mass is 16.5. The fraction of sp³-hybridized carbons (Fsp3) is 0.0909. The van der Waals surface area contributed by atoms with Crippen molar-refractivity contribution in [3.63, 3.8) is 0 Å². The average molecular weight is 391 g/mol. The number of benzene rings is 3. The number of carbonyl (C=O) groups is 2. The van der Waals surface area contributed by atoms with E-state index in [9.17, 15) is 9.59 Å². The van der Waals surface area contributed by atoms with E-state index in [1.807, 2.05) is 54.6 Å². The molecule has 0 bridgehead atoms. The van der Waals surface area contributed by atoms with Crippen molar-refractivity contribution in [3.05, 3.63) is 78.4 Å². The number of anilines is 3. The van der Waals surface area contributed by atoms with E-state index >= 15 is 0 Å². The van der Waals surface area contributed by atoms with Crippen LogP contribution < -0.4 is 25.8 Å². The third-order valence-corrected chi connectivity index (χ3v) is 4.00. The second-order valence-corrected chi connectivity index (χ2v) is 6.14. The minimum Gasteiger partial charge on any atom is -0.493 e. The molecule has 0 saturated carbocycles. The first-order valence-electron chi connectivity index (χ1n) is 8.88. The number of hydrogen-bond acceptors (Lipinski definition) is 5. The first-order chi connectivity index (χ1) is 14.0. The van der Waals surface area contributed by atoms with E-state index in [1.54, 1.807) is 12.1 Å². The molecule has 0 aliphatic rings. The van der Waals surface area contributed by atoms with Crippen LogP contribution in [0.4, 0.5) is 17.1 Å². The largest absolute Gasteiger partial charge is 0.493 e. The zero-order chi connectivity index (χ0) is 20.6. The van der Waals surface area contributed by atoms with E-state index < -0.39 is 5.91 Å². The molecule has 2 amide bonds. The Hall–Kier alpha value is -4.00. The van der Waals surface area contributed by atoms with Gasteiger partial charge in [0.15, 0.2) is 18.1 Å². The molecule has 29 heavy (non-hydrogen) atoms. The van der Waals surface area contributed by atoms with Crippen molar-refractivity contribution in [1.82, 2.24) is 0 Å². The molecule has 148 valence electrons. The lowest BCUT2D eigenvalue weighted by Crippen LogP contribution is -2.20. The monoisotopic (exact) mass is 391 g/mol. The Morgan fingerprint density at radius 2 is 1.52 bits per heavy atom. The molecule has 0 spiro atoms. The number of amides is 2. The minimum absolute atomic E-state index is 0.273. The summed E-state index contributed by atoms with van der Waals surface area (Å²) in [5.41, 5.74) is 8.01. The van der Waals surface area contributed by atoms with Gasteiger partial charge in [-0.3, -0.25) is 9.59 Å². The molecule has 4 N–H and O–H groups in total. The molecule has 0 fully saturated rings. The maximum Gasteiger partial charge on any atom is 0.255 e. The van der Waals surface area contributed by atoms with E-state index in [-0.39, 0.29) is 12.5 Å². The predicted octanol–water partition coefficient (Wildman–Crippen LogP) is 3.56. The number of methoxy groups -OCH3 is 1. The number of primary amides is 1. The molecule has 0 heterocycles. The highest BCUT2D eigenvalue weighted by Crippen LogP contribution is 2.28. The molecule has 7 nitrogen and oxygen atoms in total. The summed E-state index contributed by atoms with van der Waals surface area (Å²) in [6.07, 6.45) is 0. The number of nitrogens with one attached hydrogen (secondary N) is 2. The van der Waals surface area contributed by atoms with E-state index in [0.717, 1.165) is 11.4 Å². The predicted molar refractivity (Wildman–Crippen MR) is 112 cm³/mol. The van der Waals surface area contributed by atoms with E-state index in [1.165, 1.54) is 13.2 Å². The second kappa shape index (κ2) is 9.27. The topological polar surface area (TPSA) is 103 Å². The van der Waals surface area contributed by atoms with Crippen LogP contribution in [0.2, 0.25) is 0 Å². The summed E-state index contributed by atoms with van der Waals surface area (Å²) in [7, 11) is 1.45. The van der Waals surface area contributed by atoms with Crippen LogP contribution in [-0.4, -0.2) is 25.5 Å². The van der Waals surface area contributed by atoms with Crippen LogP contribution in [-0.2, 0) is 4.79 Å². The number of nitrogens with two attached hydrogens (primary N) is 1. The lowest BCUT2D eigenvalue weighted by molar-refractivity contribution is -0.119. The van der Waals surface area contributed by atoms with Crippen molar-refractivity contribution in [2.75, 3.05) is 24.4 Å². The SMILES string of the molecule is COc1cc(C(=O)Nc2ccc(Nc3ccccc3)cc2)ccc1OCC(N)=O. The maximum absolute atomic E-state index is 12.5. The number of rotatable bonds is 8. The Balaban J connectivity index is 1.65. The summed E-state index contributed by atoms with van der Waals surface area (Å²) < 4.78 is 10.5. The molecule has 3 aromatic carbocycles. The zero-order valence-electron chi connectivity index (χ0n) is 15.8. The van der Waals surface area contributed by atoms with E-state index in [0.29, 0.717) is 22.7 Å². The summed E-state index contributed by atoms with van der Waals surface area (Å²) in [5.74, 6) is -0.229. The average Bonchev–Trinajstić information content (AvgIpc) is 2.74. The summed E-state index contributed by atoms with van der Waals surface area (Å²) in [6.45, 7) is -0.273. The molecule has 3 rings (SSSR count). The van der Waals surface area contributed by atoms with Gasteiger partial charge >= 0.3 is 0 Å². The van der Waals surface area contributed by atoms with E-state index in [4.69, 9.17) is 15.2 Å². The molecule has 0 aliphatic heterocycles. The van der Waals surface area contributed by atoms with Crippen LogP contribution in [0.5, 0.6) is 11.5 Å². The van der Waals surface area contributed by atoms with Gasteiger partial charge in [-0.15, -0.1) is 0 Å². The van der Waals surface area contributed by atoms with Crippen LogP contribution in [0.1, 0.15) is 10.4 Å². The van der Waals surface area contributed by atoms with Crippen molar-refractivity contribution in [2.24, 2.45) is 5.73 Å². The summed E-state index contributed by atoms with van der Waals surface area (Å²) in [6, 6.07) is 21.9. The first kappa shape index (κ1) is 19.8. The van der Waals surface area contributed by atoms with Crippen LogP contribution in [0.3, 0.4) is 0 Å². The van der Waals surface area contributed by atoms with Crippen molar-refractivity contribution in [3.8, 4) is 11.5 Å². The highest BCUT2D eigenvalue weighted by molar-refractivity contribution is 6.04. The Morgan fingerprint density at radius 3 is 2.17 bits per heavy atom. The molecule has 0 saturated heterocycles. The molecule has 0 atom stereocenters. The Kier molecular flexibility index (Phi) is 6.32. The Labute approximate surface area is 168 Å². The van der Waals surface area contributed by atoms with E-state index in [2.05, 4.69) is 10.6 Å². The molecular weight excluding hydrogens is 370 g/mol. The van der Waals surface area contributed by atoms with Gasteiger partial charge in [0, 0.05) is 22.6 Å². The smallest absolute Gasteiger partial charge is 0.255 e. The number of carbonyl (C=O) groups excluding carboxylic acids is 2. The lowest BCUT2D eigenvalue weighted by Gasteiger charge is -2.12. The quantitative estimate of drug-likeness (QED) is 0.545. The van der Waals surface area contributed by atoms with Gasteiger partial charge in [-0.1, -0.05) is 18.2 Å². The molecule has 3 aromatic rings. The Bertz CT molecular complexity index is 989. The summed E-state index contributed by atoms with van der Waals surface area (Å²) in [4.78, 5) is 23.4. The van der Waals surface area contributed by atoms with Crippen molar-refractivity contribution in [1.29, 1.82) is 0 Å². The molecule has 0 aromatic heterocycles. The fourth-order valence-electron chi connectivity index (χ4n) is 2.61. The Morgan fingerprint density at radius 1 is 0.862 bits per heavy atom. The normalized spacial score (nSPS) is 10.1. The van der Waals surface area contributed by atoms with Crippen LogP contribution >= 0.6 is 0 Å². The van der Waals surface area contributed by atoms with Crippen LogP contribution in [0.25, 0.3) is 0 Å². The molecule has 0 aliphatic carbocycles. The standard InChI is InChI=1S/C22H21N3O4/c1-28-20-13-15(7-12-19(20)29-14-21(23)26)22(27)25-18-10-8-17(9-11-18)24-16-5-3-2-4-6-16/h2-13,24H,14H2,1H3,(H2,23,26)(H,25,27). The molecule has 7 heteroatoms. The lowest BCUT2D eigenvalue weighted by atomic mass is 10.1. The number of para-hydroxylation sites is 1. The molecule has 0 unspecified atom stereocenters. The third-order valence-electron chi connectivity index (χ3n) is 4.00. The molecular formula is C22H21N3O4. The zero-order valence-corrected chi connectivity index (χ0v) is 15.8. The van der Waals surface area contributed by atoms with Crippen molar-refractivity contribution in [2.45, 2.75) is 0 Å². The number of hydrogen-bond donors (Lipinski definition) is 3. The third kappa shape index (κ3) is 5.49. The second-order valence-electron chi connectivity index (χ2n) is 6.14. The molecule has 0 radical (unpaired) electrons. The van der Waals surface area contributed by atoms with Gasteiger partial charge in [-0.05, 0) is 54.6 Å². The van der Waals surface area contributed by atoms with Crippen LogP contribution in [0, 0.1) is 0 Å².